The molecule has 0 radical (unpaired) electrons. The number of pyridine rings is 1. The van der Waals surface area contributed by atoms with Gasteiger partial charge in [-0.3, -0.25) is 9.78 Å². The average Bonchev–Trinajstić information content (AvgIpc) is 2.53. The first-order valence-electron chi connectivity index (χ1n) is 6.45. The van der Waals surface area contributed by atoms with Crippen LogP contribution in [0.2, 0.25) is 0 Å². The van der Waals surface area contributed by atoms with Crippen LogP contribution in [0.1, 0.15) is 18.4 Å². The molecule has 0 bridgehead atoms. The number of likely N-dealkylation sites (N-methyl/N-ethyl adjacent to an activating group) is 1. The van der Waals surface area contributed by atoms with E-state index < -0.39 is 0 Å². The summed E-state index contributed by atoms with van der Waals surface area (Å²) in [5.41, 5.74) is 1.81. The fourth-order valence-corrected chi connectivity index (χ4v) is 2.02. The summed E-state index contributed by atoms with van der Waals surface area (Å²) in [6.07, 6.45) is 3.36. The fourth-order valence-electron chi connectivity index (χ4n) is 2.02. The number of aromatic nitrogens is 1. The molecule has 1 heterocycles. The monoisotopic (exact) mass is 270 g/mol. The van der Waals surface area contributed by atoms with Gasteiger partial charge in [-0.25, -0.2) is 0 Å². The van der Waals surface area contributed by atoms with Crippen LogP contribution < -0.4 is 9.64 Å². The molecule has 2 aromatic rings. The Morgan fingerprint density at radius 1 is 1.15 bits per heavy atom. The Balaban J connectivity index is 2.15. The number of carbonyl (C=O) groups excluding carboxylic acids is 1. The van der Waals surface area contributed by atoms with Crippen LogP contribution in [0.25, 0.3) is 0 Å². The molecular weight excluding hydrogens is 252 g/mol. The van der Waals surface area contributed by atoms with Crippen molar-refractivity contribution >= 4 is 11.6 Å². The minimum absolute atomic E-state index is 0.0429. The third-order valence-electron chi connectivity index (χ3n) is 3.37. The van der Waals surface area contributed by atoms with E-state index in [0.29, 0.717) is 0 Å². The van der Waals surface area contributed by atoms with Crippen molar-refractivity contribution in [2.45, 2.75) is 12.8 Å². The van der Waals surface area contributed by atoms with Gasteiger partial charge in [-0.2, -0.15) is 0 Å². The van der Waals surface area contributed by atoms with Gasteiger partial charge in [0, 0.05) is 25.1 Å². The van der Waals surface area contributed by atoms with E-state index in [1.54, 1.807) is 31.5 Å². The number of rotatable bonds is 4. The highest BCUT2D eigenvalue weighted by molar-refractivity contribution is 5.97. The second kappa shape index (κ2) is 6.19. The normalized spacial score (nSPS) is 11.8. The Morgan fingerprint density at radius 2 is 1.75 bits per heavy atom. The summed E-state index contributed by atoms with van der Waals surface area (Å²) in [5.74, 6) is 0.622. The van der Waals surface area contributed by atoms with Crippen LogP contribution in [-0.4, -0.2) is 25.0 Å². The first kappa shape index (κ1) is 14.1. The SMILES string of the molecule is COc1ccc(C(C)C(=O)N(C)c2ccncc2)cc1. The molecule has 1 amide bonds. The zero-order valence-electron chi connectivity index (χ0n) is 11.9. The molecule has 0 saturated carbocycles. The number of ether oxygens (including phenoxy) is 1. The molecule has 1 unspecified atom stereocenters. The van der Waals surface area contributed by atoms with Crippen LogP contribution in [0.5, 0.6) is 5.75 Å². The minimum Gasteiger partial charge on any atom is -0.497 e. The number of amides is 1. The molecule has 0 aliphatic rings. The second-order valence-electron chi connectivity index (χ2n) is 4.60. The number of carbonyl (C=O) groups is 1. The van der Waals surface area contributed by atoms with Gasteiger partial charge in [-0.1, -0.05) is 12.1 Å². The molecule has 0 aliphatic heterocycles. The molecule has 2 rings (SSSR count). The van der Waals surface area contributed by atoms with Crippen molar-refractivity contribution in [3.8, 4) is 5.75 Å². The molecule has 1 atom stereocenters. The molecule has 0 spiro atoms. The lowest BCUT2D eigenvalue weighted by atomic mass is 9.99. The van der Waals surface area contributed by atoms with Crippen molar-refractivity contribution in [1.82, 2.24) is 4.98 Å². The van der Waals surface area contributed by atoms with E-state index in [2.05, 4.69) is 4.98 Å². The second-order valence-corrected chi connectivity index (χ2v) is 4.60. The van der Waals surface area contributed by atoms with Crippen LogP contribution >= 0.6 is 0 Å². The summed E-state index contributed by atoms with van der Waals surface area (Å²) in [7, 11) is 3.40. The van der Waals surface area contributed by atoms with E-state index in [-0.39, 0.29) is 11.8 Å². The number of hydrogen-bond acceptors (Lipinski definition) is 3. The smallest absolute Gasteiger partial charge is 0.233 e. The van der Waals surface area contributed by atoms with Crippen molar-refractivity contribution in [3.05, 3.63) is 54.4 Å². The quantitative estimate of drug-likeness (QED) is 0.858. The van der Waals surface area contributed by atoms with E-state index >= 15 is 0 Å². The number of anilines is 1. The third kappa shape index (κ3) is 2.96. The summed E-state index contributed by atoms with van der Waals surface area (Å²) in [5, 5.41) is 0. The largest absolute Gasteiger partial charge is 0.497 e. The highest BCUT2D eigenvalue weighted by Crippen LogP contribution is 2.23. The maximum atomic E-state index is 12.5. The lowest BCUT2D eigenvalue weighted by molar-refractivity contribution is -0.119. The summed E-state index contributed by atoms with van der Waals surface area (Å²) in [6.45, 7) is 1.90. The summed E-state index contributed by atoms with van der Waals surface area (Å²) in [6, 6.07) is 11.2. The molecule has 4 nitrogen and oxygen atoms in total. The van der Waals surface area contributed by atoms with Crippen molar-refractivity contribution < 1.29 is 9.53 Å². The first-order valence-corrected chi connectivity index (χ1v) is 6.45. The lowest BCUT2D eigenvalue weighted by Crippen LogP contribution is -2.30. The Labute approximate surface area is 119 Å². The highest BCUT2D eigenvalue weighted by atomic mass is 16.5. The van der Waals surface area contributed by atoms with Gasteiger partial charge in [0.15, 0.2) is 0 Å². The molecule has 0 fully saturated rings. The average molecular weight is 270 g/mol. The van der Waals surface area contributed by atoms with E-state index in [1.807, 2.05) is 43.3 Å². The Bertz CT molecular complexity index is 567. The Hall–Kier alpha value is -2.36. The third-order valence-corrected chi connectivity index (χ3v) is 3.37. The molecule has 0 saturated heterocycles. The zero-order chi connectivity index (χ0) is 14.5. The fraction of sp³-hybridized carbons (Fsp3) is 0.250. The van der Waals surface area contributed by atoms with Crippen LogP contribution in [0.15, 0.2) is 48.8 Å². The van der Waals surface area contributed by atoms with Crippen molar-refractivity contribution in [2.24, 2.45) is 0 Å². The van der Waals surface area contributed by atoms with E-state index in [4.69, 9.17) is 4.74 Å². The molecule has 20 heavy (non-hydrogen) atoms. The van der Waals surface area contributed by atoms with E-state index in [9.17, 15) is 4.79 Å². The molecule has 0 aliphatic carbocycles. The Kier molecular flexibility index (Phi) is 4.35. The van der Waals surface area contributed by atoms with Crippen LogP contribution in [0, 0.1) is 0 Å². The molecular formula is C16H18N2O2. The summed E-state index contributed by atoms with van der Waals surface area (Å²) >= 11 is 0. The van der Waals surface area contributed by atoms with Gasteiger partial charge < -0.3 is 9.64 Å². The van der Waals surface area contributed by atoms with Gasteiger partial charge in [0.1, 0.15) is 5.75 Å². The molecule has 0 N–H and O–H groups in total. The molecule has 1 aromatic heterocycles. The summed E-state index contributed by atoms with van der Waals surface area (Å²) in [4.78, 5) is 18.1. The number of hydrogen-bond donors (Lipinski definition) is 0. The van der Waals surface area contributed by atoms with Crippen molar-refractivity contribution in [2.75, 3.05) is 19.1 Å². The van der Waals surface area contributed by atoms with Gasteiger partial charge in [0.25, 0.3) is 0 Å². The number of nitrogens with zero attached hydrogens (tertiary/aromatic N) is 2. The number of methoxy groups -OCH3 is 1. The highest BCUT2D eigenvalue weighted by Gasteiger charge is 2.20. The zero-order valence-corrected chi connectivity index (χ0v) is 11.9. The number of benzene rings is 1. The standard InChI is InChI=1S/C16H18N2O2/c1-12(13-4-6-15(20-3)7-5-13)16(19)18(2)14-8-10-17-11-9-14/h4-12H,1-3H3. The van der Waals surface area contributed by atoms with Crippen molar-refractivity contribution in [3.63, 3.8) is 0 Å². The van der Waals surface area contributed by atoms with Gasteiger partial charge in [-0.15, -0.1) is 0 Å². The maximum absolute atomic E-state index is 12.5. The molecule has 104 valence electrons. The van der Waals surface area contributed by atoms with Crippen LogP contribution in [-0.2, 0) is 4.79 Å². The molecule has 1 aromatic carbocycles. The predicted octanol–water partition coefficient (Wildman–Crippen LogP) is 2.86. The van der Waals surface area contributed by atoms with Gasteiger partial charge in [0.05, 0.1) is 13.0 Å². The topological polar surface area (TPSA) is 42.4 Å². The van der Waals surface area contributed by atoms with Crippen molar-refractivity contribution in [1.29, 1.82) is 0 Å². The summed E-state index contributed by atoms with van der Waals surface area (Å²) < 4.78 is 5.12. The minimum atomic E-state index is -0.209. The molecule has 4 heteroatoms. The van der Waals surface area contributed by atoms with Gasteiger partial charge in [0.2, 0.25) is 5.91 Å². The Morgan fingerprint density at radius 3 is 2.30 bits per heavy atom. The van der Waals surface area contributed by atoms with Gasteiger partial charge >= 0.3 is 0 Å². The predicted molar refractivity (Wildman–Crippen MR) is 79.1 cm³/mol. The van der Waals surface area contributed by atoms with E-state index in [1.165, 1.54) is 0 Å². The van der Waals surface area contributed by atoms with Crippen LogP contribution in [0.4, 0.5) is 5.69 Å². The lowest BCUT2D eigenvalue weighted by Gasteiger charge is -2.21. The first-order chi connectivity index (χ1) is 9.63. The maximum Gasteiger partial charge on any atom is 0.233 e. The van der Waals surface area contributed by atoms with Crippen LogP contribution in [0.3, 0.4) is 0 Å². The van der Waals surface area contributed by atoms with E-state index in [0.717, 1.165) is 17.0 Å². The van der Waals surface area contributed by atoms with Gasteiger partial charge in [-0.05, 0) is 36.8 Å².